The number of amides is 1. The first-order valence-electron chi connectivity index (χ1n) is 5.04. The molecule has 1 aromatic carbocycles. The number of aliphatic carboxylic acids is 1. The van der Waals surface area contributed by atoms with Gasteiger partial charge in [0.15, 0.2) is 0 Å². The van der Waals surface area contributed by atoms with Crippen molar-refractivity contribution in [3.05, 3.63) is 22.3 Å². The molecule has 0 saturated heterocycles. The first-order chi connectivity index (χ1) is 8.36. The number of hydrogen-bond donors (Lipinski definition) is 2. The monoisotopic (exact) mass is 585 g/mol. The maximum Gasteiger partial charge on any atom is 0.307 e. The summed E-state index contributed by atoms with van der Waals surface area (Å²) in [6, 6.07) is 1.88. The van der Waals surface area contributed by atoms with Crippen LogP contribution in [0.5, 0.6) is 0 Å². The van der Waals surface area contributed by atoms with Gasteiger partial charge in [0.05, 0.1) is 12.1 Å². The predicted molar refractivity (Wildman–Crippen MR) is 94.9 cm³/mol. The van der Waals surface area contributed by atoms with Crippen LogP contribution < -0.4 is 5.32 Å². The van der Waals surface area contributed by atoms with Gasteiger partial charge in [-0.1, -0.05) is 6.92 Å². The predicted octanol–water partition coefficient (Wildman–Crippen LogP) is 3.48. The Morgan fingerprint density at radius 2 is 1.89 bits per heavy atom. The highest BCUT2D eigenvalue weighted by Crippen LogP contribution is 2.32. The zero-order valence-electron chi connectivity index (χ0n) is 9.39. The molecular formula is C11H10I3NO3. The van der Waals surface area contributed by atoms with Gasteiger partial charge >= 0.3 is 5.97 Å². The summed E-state index contributed by atoms with van der Waals surface area (Å²) in [7, 11) is 0. The van der Waals surface area contributed by atoms with E-state index in [0.29, 0.717) is 12.1 Å². The largest absolute Gasteiger partial charge is 0.481 e. The molecule has 7 heteroatoms. The van der Waals surface area contributed by atoms with Gasteiger partial charge in [-0.2, -0.15) is 0 Å². The molecule has 1 rings (SSSR count). The standard InChI is InChI=1S/C11H10I3NO3/c1-2-8(16)15-11-7(13)4-6(12)5(10(11)14)3-9(17)18/h4H,2-3H2,1H3,(H,15,16)(H,17,18). The van der Waals surface area contributed by atoms with Crippen molar-refractivity contribution >= 4 is 85.3 Å². The summed E-state index contributed by atoms with van der Waals surface area (Å²) < 4.78 is 2.61. The van der Waals surface area contributed by atoms with Crippen molar-refractivity contribution in [1.82, 2.24) is 0 Å². The molecule has 0 fully saturated rings. The van der Waals surface area contributed by atoms with Crippen LogP contribution >= 0.6 is 67.8 Å². The zero-order chi connectivity index (χ0) is 13.9. The Morgan fingerprint density at radius 1 is 1.28 bits per heavy atom. The van der Waals surface area contributed by atoms with Crippen LogP contribution in [0.3, 0.4) is 0 Å². The second-order valence-corrected chi connectivity index (χ2v) is 6.88. The first kappa shape index (κ1) is 16.4. The summed E-state index contributed by atoms with van der Waals surface area (Å²) in [6.07, 6.45) is 0.356. The fraction of sp³-hybridized carbons (Fsp3) is 0.273. The number of carboxylic acids is 1. The minimum absolute atomic E-state index is 0.0392. The van der Waals surface area contributed by atoms with Crippen LogP contribution in [-0.2, 0) is 16.0 Å². The Kier molecular flexibility index (Phi) is 6.58. The summed E-state index contributed by atoms with van der Waals surface area (Å²) in [5, 5.41) is 11.7. The van der Waals surface area contributed by atoms with E-state index in [4.69, 9.17) is 5.11 Å². The van der Waals surface area contributed by atoms with Crippen LogP contribution in [0.4, 0.5) is 5.69 Å². The molecule has 0 spiro atoms. The van der Waals surface area contributed by atoms with Gasteiger partial charge in [-0.25, -0.2) is 0 Å². The van der Waals surface area contributed by atoms with Crippen LogP contribution in [0.1, 0.15) is 18.9 Å². The van der Waals surface area contributed by atoms with E-state index < -0.39 is 5.97 Å². The SMILES string of the molecule is CCC(=O)Nc1c(I)cc(I)c(CC(=O)O)c1I. The fourth-order valence-corrected chi connectivity index (χ4v) is 5.31. The molecular weight excluding hydrogens is 575 g/mol. The zero-order valence-corrected chi connectivity index (χ0v) is 15.9. The van der Waals surface area contributed by atoms with Gasteiger partial charge in [0, 0.05) is 17.1 Å². The van der Waals surface area contributed by atoms with Gasteiger partial charge in [0.1, 0.15) is 0 Å². The van der Waals surface area contributed by atoms with Gasteiger partial charge in [0.2, 0.25) is 5.91 Å². The maximum atomic E-state index is 11.5. The Bertz CT molecular complexity index is 503. The lowest BCUT2D eigenvalue weighted by molar-refractivity contribution is -0.136. The van der Waals surface area contributed by atoms with Crippen LogP contribution in [0.15, 0.2) is 6.07 Å². The highest BCUT2D eigenvalue weighted by atomic mass is 127. The number of carbonyl (C=O) groups is 2. The number of hydrogen-bond acceptors (Lipinski definition) is 2. The van der Waals surface area contributed by atoms with E-state index in [9.17, 15) is 9.59 Å². The van der Waals surface area contributed by atoms with Crippen LogP contribution in [0.2, 0.25) is 0 Å². The Hall–Kier alpha value is 0.350. The molecule has 0 heterocycles. The molecule has 0 unspecified atom stereocenters. The van der Waals surface area contributed by atoms with Gasteiger partial charge in [0.25, 0.3) is 0 Å². The third-order valence-corrected chi connectivity index (χ3v) is 5.18. The van der Waals surface area contributed by atoms with Crippen molar-refractivity contribution in [3.63, 3.8) is 0 Å². The minimum atomic E-state index is -0.875. The lowest BCUT2D eigenvalue weighted by Gasteiger charge is -2.14. The third-order valence-electron chi connectivity index (χ3n) is 2.18. The van der Waals surface area contributed by atoms with E-state index in [1.165, 1.54) is 0 Å². The highest BCUT2D eigenvalue weighted by molar-refractivity contribution is 14.1. The van der Waals surface area contributed by atoms with Crippen molar-refractivity contribution in [3.8, 4) is 0 Å². The van der Waals surface area contributed by atoms with Crippen molar-refractivity contribution < 1.29 is 14.7 Å². The number of halogens is 3. The molecule has 0 aliphatic carbocycles. The van der Waals surface area contributed by atoms with E-state index in [-0.39, 0.29) is 12.3 Å². The number of anilines is 1. The van der Waals surface area contributed by atoms with Gasteiger partial charge < -0.3 is 10.4 Å². The second-order valence-electron chi connectivity index (χ2n) is 3.48. The van der Waals surface area contributed by atoms with Crippen molar-refractivity contribution in [2.45, 2.75) is 19.8 Å². The Morgan fingerprint density at radius 3 is 2.39 bits per heavy atom. The molecule has 1 aromatic rings. The van der Waals surface area contributed by atoms with E-state index in [1.807, 2.05) is 6.07 Å². The van der Waals surface area contributed by atoms with Crippen LogP contribution in [-0.4, -0.2) is 17.0 Å². The molecule has 2 N–H and O–H groups in total. The summed E-state index contributed by atoms with van der Waals surface area (Å²) in [5.74, 6) is -0.951. The quantitative estimate of drug-likeness (QED) is 0.533. The molecule has 4 nitrogen and oxygen atoms in total. The smallest absolute Gasteiger partial charge is 0.307 e. The number of carboxylic acid groups (broad SMARTS) is 1. The van der Waals surface area contributed by atoms with Crippen molar-refractivity contribution in [2.24, 2.45) is 0 Å². The number of carbonyl (C=O) groups excluding carboxylic acids is 1. The average molecular weight is 585 g/mol. The van der Waals surface area contributed by atoms with E-state index in [0.717, 1.165) is 16.3 Å². The molecule has 98 valence electrons. The second kappa shape index (κ2) is 7.22. The Balaban J connectivity index is 3.25. The lowest BCUT2D eigenvalue weighted by Crippen LogP contribution is -2.14. The van der Waals surface area contributed by atoms with Crippen LogP contribution in [0, 0.1) is 10.7 Å². The fourth-order valence-electron chi connectivity index (χ4n) is 1.29. The third kappa shape index (κ3) is 4.18. The maximum absolute atomic E-state index is 11.5. The normalized spacial score (nSPS) is 10.2. The number of benzene rings is 1. The molecule has 0 bridgehead atoms. The van der Waals surface area contributed by atoms with E-state index in [2.05, 4.69) is 73.1 Å². The van der Waals surface area contributed by atoms with Gasteiger partial charge in [-0.3, -0.25) is 9.59 Å². The van der Waals surface area contributed by atoms with Gasteiger partial charge in [-0.05, 0) is 79.4 Å². The van der Waals surface area contributed by atoms with Crippen molar-refractivity contribution in [2.75, 3.05) is 5.32 Å². The van der Waals surface area contributed by atoms with E-state index >= 15 is 0 Å². The lowest BCUT2D eigenvalue weighted by atomic mass is 10.1. The number of rotatable bonds is 4. The molecule has 18 heavy (non-hydrogen) atoms. The molecule has 0 aromatic heterocycles. The molecule has 0 radical (unpaired) electrons. The molecule has 0 saturated carbocycles. The van der Waals surface area contributed by atoms with Crippen molar-refractivity contribution in [1.29, 1.82) is 0 Å². The molecule has 0 aliphatic rings. The topological polar surface area (TPSA) is 66.4 Å². The highest BCUT2D eigenvalue weighted by Gasteiger charge is 2.17. The molecule has 0 atom stereocenters. The molecule has 0 aliphatic heterocycles. The Labute approximate surface area is 146 Å². The first-order valence-corrected chi connectivity index (χ1v) is 8.28. The average Bonchev–Trinajstić information content (AvgIpc) is 2.29. The van der Waals surface area contributed by atoms with Crippen LogP contribution in [0.25, 0.3) is 0 Å². The van der Waals surface area contributed by atoms with Gasteiger partial charge in [-0.15, -0.1) is 0 Å². The summed E-state index contributed by atoms with van der Waals surface area (Å²) >= 11 is 6.35. The summed E-state index contributed by atoms with van der Waals surface area (Å²) in [5.41, 5.74) is 1.45. The minimum Gasteiger partial charge on any atom is -0.481 e. The number of nitrogens with one attached hydrogen (secondary N) is 1. The molecule has 1 amide bonds. The summed E-state index contributed by atoms with van der Waals surface area (Å²) in [6.45, 7) is 1.78. The summed E-state index contributed by atoms with van der Waals surface area (Å²) in [4.78, 5) is 22.3. The van der Waals surface area contributed by atoms with E-state index in [1.54, 1.807) is 6.92 Å².